The van der Waals surface area contributed by atoms with Gasteiger partial charge in [-0.3, -0.25) is 9.78 Å². The number of piperidine rings is 1. The molecule has 0 bridgehead atoms. The van der Waals surface area contributed by atoms with Gasteiger partial charge < -0.3 is 15.2 Å². The van der Waals surface area contributed by atoms with Crippen LogP contribution in [0.25, 0.3) is 0 Å². The van der Waals surface area contributed by atoms with E-state index >= 15 is 0 Å². The molecule has 3 aromatic rings. The molecule has 4 heterocycles. The third-order valence-electron chi connectivity index (χ3n) is 4.91. The topological polar surface area (TPSA) is 89.9 Å². The zero-order chi connectivity index (χ0) is 18.6. The molecular weight excluding hydrogens is 340 g/mol. The number of imidazole rings is 1. The van der Waals surface area contributed by atoms with Gasteiger partial charge in [0.2, 0.25) is 0 Å². The van der Waals surface area contributed by atoms with Crippen LogP contribution in [-0.4, -0.2) is 43.4 Å². The average molecular weight is 362 g/mol. The number of likely N-dealkylation sites (tertiary alicyclic amines) is 1. The van der Waals surface area contributed by atoms with Gasteiger partial charge in [0.15, 0.2) is 0 Å². The molecule has 1 aliphatic heterocycles. The van der Waals surface area contributed by atoms with Crippen LogP contribution < -0.4 is 5.73 Å². The van der Waals surface area contributed by atoms with Gasteiger partial charge in [-0.1, -0.05) is 6.07 Å². The second-order valence-corrected chi connectivity index (χ2v) is 6.80. The number of nitrogen functional groups attached to an aromatic ring is 1. The lowest BCUT2D eigenvalue weighted by Crippen LogP contribution is -2.39. The first-order valence-corrected chi connectivity index (χ1v) is 9.12. The highest BCUT2D eigenvalue weighted by Crippen LogP contribution is 2.27. The van der Waals surface area contributed by atoms with Crippen LogP contribution in [0.1, 0.15) is 40.6 Å². The van der Waals surface area contributed by atoms with Gasteiger partial charge in [-0.05, 0) is 37.1 Å². The second-order valence-electron chi connectivity index (χ2n) is 6.80. The number of aromatic nitrogens is 4. The number of anilines is 1. The van der Waals surface area contributed by atoms with Crippen LogP contribution in [0.15, 0.2) is 55.1 Å². The number of hydrogen-bond donors (Lipinski definition) is 1. The fourth-order valence-corrected chi connectivity index (χ4v) is 3.57. The zero-order valence-electron chi connectivity index (χ0n) is 15.0. The van der Waals surface area contributed by atoms with E-state index in [-0.39, 0.29) is 11.8 Å². The summed E-state index contributed by atoms with van der Waals surface area (Å²) in [7, 11) is 0. The molecule has 4 rings (SSSR count). The minimum atomic E-state index is -0.00460. The van der Waals surface area contributed by atoms with Crippen molar-refractivity contribution in [1.82, 2.24) is 24.4 Å². The fraction of sp³-hybridized carbons (Fsp3) is 0.300. The highest BCUT2D eigenvalue weighted by atomic mass is 16.2. The number of pyridine rings is 2. The zero-order valence-corrected chi connectivity index (χ0v) is 15.0. The van der Waals surface area contributed by atoms with Gasteiger partial charge in [0.25, 0.3) is 5.91 Å². The van der Waals surface area contributed by atoms with Gasteiger partial charge in [-0.2, -0.15) is 0 Å². The van der Waals surface area contributed by atoms with E-state index in [9.17, 15) is 4.79 Å². The van der Waals surface area contributed by atoms with Crippen LogP contribution >= 0.6 is 0 Å². The SMILES string of the molecule is Nc1ccc(C(=O)N2CCCC(c3nccn3Cc3ccccn3)C2)cn1. The summed E-state index contributed by atoms with van der Waals surface area (Å²) in [5, 5.41) is 0. The van der Waals surface area contributed by atoms with Gasteiger partial charge in [-0.15, -0.1) is 0 Å². The first-order chi connectivity index (χ1) is 13.2. The quantitative estimate of drug-likeness (QED) is 0.769. The predicted molar refractivity (Wildman–Crippen MR) is 102 cm³/mol. The molecule has 0 aliphatic carbocycles. The smallest absolute Gasteiger partial charge is 0.255 e. The lowest BCUT2D eigenvalue weighted by Gasteiger charge is -2.32. The Morgan fingerprint density at radius 2 is 2.07 bits per heavy atom. The van der Waals surface area contributed by atoms with Crippen LogP contribution in [0.3, 0.4) is 0 Å². The van der Waals surface area contributed by atoms with E-state index in [4.69, 9.17) is 5.73 Å². The summed E-state index contributed by atoms with van der Waals surface area (Å²) in [5.41, 5.74) is 7.18. The van der Waals surface area contributed by atoms with Gasteiger partial charge in [0, 0.05) is 43.8 Å². The lowest BCUT2D eigenvalue weighted by molar-refractivity contribution is 0.0703. The van der Waals surface area contributed by atoms with Crippen molar-refractivity contribution in [3.63, 3.8) is 0 Å². The van der Waals surface area contributed by atoms with Crippen LogP contribution in [-0.2, 0) is 6.54 Å². The monoisotopic (exact) mass is 362 g/mol. The van der Waals surface area contributed by atoms with E-state index in [1.165, 1.54) is 0 Å². The molecule has 0 spiro atoms. The number of carbonyl (C=O) groups is 1. The summed E-state index contributed by atoms with van der Waals surface area (Å²) >= 11 is 0. The maximum atomic E-state index is 12.8. The second kappa shape index (κ2) is 7.57. The Hall–Kier alpha value is -3.22. The van der Waals surface area contributed by atoms with Crippen LogP contribution in [0.2, 0.25) is 0 Å². The number of nitrogens with zero attached hydrogens (tertiary/aromatic N) is 5. The fourth-order valence-electron chi connectivity index (χ4n) is 3.57. The molecule has 1 amide bonds. The molecule has 7 heteroatoms. The molecule has 1 atom stereocenters. The molecule has 1 aliphatic rings. The molecule has 27 heavy (non-hydrogen) atoms. The summed E-state index contributed by atoms with van der Waals surface area (Å²) in [6.07, 6.45) is 9.12. The van der Waals surface area contributed by atoms with E-state index in [2.05, 4.69) is 19.5 Å². The Labute approximate surface area is 157 Å². The summed E-state index contributed by atoms with van der Waals surface area (Å²) in [6.45, 7) is 2.09. The van der Waals surface area contributed by atoms with Gasteiger partial charge in [0.1, 0.15) is 11.6 Å². The van der Waals surface area contributed by atoms with Gasteiger partial charge in [-0.25, -0.2) is 9.97 Å². The van der Waals surface area contributed by atoms with Crippen molar-refractivity contribution in [3.8, 4) is 0 Å². The number of rotatable bonds is 4. The van der Waals surface area contributed by atoms with Crippen molar-refractivity contribution in [2.75, 3.05) is 18.8 Å². The molecule has 0 radical (unpaired) electrons. The van der Waals surface area contributed by atoms with Crippen LogP contribution in [0.5, 0.6) is 0 Å². The average Bonchev–Trinajstić information content (AvgIpc) is 3.17. The van der Waals surface area contributed by atoms with E-state index < -0.39 is 0 Å². The molecule has 0 aromatic carbocycles. The summed E-state index contributed by atoms with van der Waals surface area (Å²) in [6, 6.07) is 9.30. The first kappa shape index (κ1) is 17.2. The van der Waals surface area contributed by atoms with Gasteiger partial charge >= 0.3 is 0 Å². The Balaban J connectivity index is 1.50. The minimum absolute atomic E-state index is 0.00460. The Kier molecular flexibility index (Phi) is 4.82. The van der Waals surface area contributed by atoms with Crippen molar-refractivity contribution in [1.29, 1.82) is 0 Å². The standard InChI is InChI=1S/C20H22N6O/c21-18-7-6-15(12-24-18)20(27)26-10-3-4-16(13-26)19-23-9-11-25(19)14-17-5-1-2-8-22-17/h1-2,5-9,11-12,16H,3-4,10,13-14H2,(H2,21,24). The largest absolute Gasteiger partial charge is 0.384 e. The maximum Gasteiger partial charge on any atom is 0.255 e. The van der Waals surface area contributed by atoms with Gasteiger partial charge in [0.05, 0.1) is 17.8 Å². The molecule has 2 N–H and O–H groups in total. The van der Waals surface area contributed by atoms with Crippen LogP contribution in [0.4, 0.5) is 5.82 Å². The molecule has 138 valence electrons. The Morgan fingerprint density at radius 1 is 1.15 bits per heavy atom. The molecular formula is C20H22N6O. The minimum Gasteiger partial charge on any atom is -0.384 e. The maximum absolute atomic E-state index is 12.8. The van der Waals surface area contributed by atoms with Crippen molar-refractivity contribution >= 4 is 11.7 Å². The van der Waals surface area contributed by atoms with E-state index in [0.29, 0.717) is 24.5 Å². The molecule has 1 saturated heterocycles. The number of carbonyl (C=O) groups excluding carboxylic acids is 1. The molecule has 1 fully saturated rings. The molecule has 3 aromatic heterocycles. The lowest BCUT2D eigenvalue weighted by atomic mass is 9.96. The van der Waals surface area contributed by atoms with E-state index in [0.717, 1.165) is 30.9 Å². The first-order valence-electron chi connectivity index (χ1n) is 9.12. The molecule has 1 unspecified atom stereocenters. The summed E-state index contributed by atoms with van der Waals surface area (Å²) in [5.74, 6) is 1.63. The number of hydrogen-bond acceptors (Lipinski definition) is 5. The van der Waals surface area contributed by atoms with Crippen molar-refractivity contribution in [2.45, 2.75) is 25.3 Å². The number of nitrogens with two attached hydrogens (primary N) is 1. The summed E-state index contributed by atoms with van der Waals surface area (Å²) < 4.78 is 2.13. The normalized spacial score (nSPS) is 17.0. The van der Waals surface area contributed by atoms with E-state index in [1.807, 2.05) is 35.5 Å². The Morgan fingerprint density at radius 3 is 2.85 bits per heavy atom. The third-order valence-corrected chi connectivity index (χ3v) is 4.91. The highest BCUT2D eigenvalue weighted by molar-refractivity contribution is 5.94. The molecule has 0 saturated carbocycles. The Bertz CT molecular complexity index is 906. The van der Waals surface area contributed by atoms with Crippen molar-refractivity contribution < 1.29 is 4.79 Å². The highest BCUT2D eigenvalue weighted by Gasteiger charge is 2.28. The van der Waals surface area contributed by atoms with Crippen LogP contribution in [0, 0.1) is 0 Å². The molecule has 7 nitrogen and oxygen atoms in total. The third kappa shape index (κ3) is 3.81. The van der Waals surface area contributed by atoms with Crippen molar-refractivity contribution in [2.24, 2.45) is 0 Å². The number of amides is 1. The predicted octanol–water partition coefficient (Wildman–Crippen LogP) is 2.32. The van der Waals surface area contributed by atoms with E-state index in [1.54, 1.807) is 24.5 Å². The van der Waals surface area contributed by atoms with Crippen molar-refractivity contribution in [3.05, 3.63) is 72.2 Å². The summed E-state index contributed by atoms with van der Waals surface area (Å²) in [4.78, 5) is 27.7.